The summed E-state index contributed by atoms with van der Waals surface area (Å²) in [6.07, 6.45) is -1.06. The molecular formula is C27H21F3N4O2S. The van der Waals surface area contributed by atoms with Crippen molar-refractivity contribution in [3.8, 4) is 11.4 Å². The monoisotopic (exact) mass is 522 g/mol. The SMILES string of the molecule is Cc1cc(C(=O)Nc2cccc(OCc3nccc4sncc34)c2)c(C)n1-c1ccccc1C(F)(F)F. The number of halogens is 3. The van der Waals surface area contributed by atoms with E-state index in [0.29, 0.717) is 22.8 Å². The Labute approximate surface area is 214 Å². The standard InChI is InChI=1S/C27H21F3N4O2S/c1-16-12-20(17(2)34(16)24-9-4-3-8-22(24)27(28,29)30)26(35)33-18-6-5-7-19(13-18)36-15-23-21-14-32-37-25(21)10-11-31-23/h3-14H,15H2,1-2H3,(H,33,35). The molecule has 1 amide bonds. The second-order valence-corrected chi connectivity index (χ2v) is 9.23. The van der Waals surface area contributed by atoms with E-state index in [1.807, 2.05) is 6.07 Å². The number of ether oxygens (including phenoxy) is 1. The van der Waals surface area contributed by atoms with Gasteiger partial charge in [-0.3, -0.25) is 9.78 Å². The van der Waals surface area contributed by atoms with Crippen LogP contribution in [0.4, 0.5) is 18.9 Å². The first-order valence-electron chi connectivity index (χ1n) is 11.3. The summed E-state index contributed by atoms with van der Waals surface area (Å²) in [5.41, 5.74) is 1.66. The fraction of sp³-hybridized carbons (Fsp3) is 0.148. The number of alkyl halides is 3. The third kappa shape index (κ3) is 4.92. The molecule has 3 aromatic heterocycles. The molecule has 5 rings (SSSR count). The van der Waals surface area contributed by atoms with Crippen molar-refractivity contribution in [1.29, 1.82) is 0 Å². The van der Waals surface area contributed by atoms with E-state index in [4.69, 9.17) is 4.74 Å². The summed E-state index contributed by atoms with van der Waals surface area (Å²) in [6, 6.07) is 15.7. The van der Waals surface area contributed by atoms with Crippen molar-refractivity contribution in [3.63, 3.8) is 0 Å². The first-order chi connectivity index (χ1) is 17.7. The van der Waals surface area contributed by atoms with Crippen LogP contribution in [0.1, 0.15) is 33.0 Å². The number of carbonyl (C=O) groups excluding carboxylic acids is 1. The molecule has 0 bridgehead atoms. The number of hydrogen-bond acceptors (Lipinski definition) is 5. The number of hydrogen-bond donors (Lipinski definition) is 1. The molecule has 0 aliphatic carbocycles. The molecule has 0 atom stereocenters. The quantitative estimate of drug-likeness (QED) is 0.262. The Morgan fingerprint density at radius 1 is 1.08 bits per heavy atom. The Hall–Kier alpha value is -4.18. The van der Waals surface area contributed by atoms with Gasteiger partial charge in [-0.1, -0.05) is 18.2 Å². The Kier molecular flexibility index (Phi) is 6.43. The van der Waals surface area contributed by atoms with E-state index in [1.165, 1.54) is 28.2 Å². The number of para-hydroxylation sites is 1. The minimum atomic E-state index is -4.52. The maximum absolute atomic E-state index is 13.6. The number of pyridine rings is 1. The Balaban J connectivity index is 1.35. The predicted octanol–water partition coefficient (Wildman–Crippen LogP) is 6.95. The number of nitrogens with one attached hydrogen (secondary N) is 1. The molecule has 0 spiro atoms. The molecular weight excluding hydrogens is 501 g/mol. The van der Waals surface area contributed by atoms with Crippen molar-refractivity contribution in [1.82, 2.24) is 13.9 Å². The molecule has 188 valence electrons. The molecule has 0 aliphatic rings. The van der Waals surface area contributed by atoms with Gasteiger partial charge in [0.2, 0.25) is 0 Å². The number of benzene rings is 2. The third-order valence-electron chi connectivity index (χ3n) is 5.96. The van der Waals surface area contributed by atoms with Crippen molar-refractivity contribution in [2.45, 2.75) is 26.6 Å². The summed E-state index contributed by atoms with van der Waals surface area (Å²) in [7, 11) is 0. The van der Waals surface area contributed by atoms with E-state index in [0.717, 1.165) is 21.8 Å². The highest BCUT2D eigenvalue weighted by Gasteiger charge is 2.34. The van der Waals surface area contributed by atoms with Gasteiger partial charge < -0.3 is 14.6 Å². The maximum Gasteiger partial charge on any atom is 0.418 e. The van der Waals surface area contributed by atoms with Gasteiger partial charge in [-0.2, -0.15) is 17.5 Å². The van der Waals surface area contributed by atoms with Crippen LogP contribution in [0.2, 0.25) is 0 Å². The molecule has 0 aliphatic heterocycles. The van der Waals surface area contributed by atoms with Crippen molar-refractivity contribution in [2.75, 3.05) is 5.32 Å². The number of amides is 1. The molecule has 5 aromatic rings. The number of aryl methyl sites for hydroxylation is 1. The molecule has 0 saturated carbocycles. The average molecular weight is 523 g/mol. The number of anilines is 1. The number of rotatable bonds is 6. The summed E-state index contributed by atoms with van der Waals surface area (Å²) in [5.74, 6) is 0.0983. The lowest BCUT2D eigenvalue weighted by molar-refractivity contribution is -0.137. The van der Waals surface area contributed by atoms with Gasteiger partial charge in [0.1, 0.15) is 12.4 Å². The topological polar surface area (TPSA) is 69.0 Å². The zero-order chi connectivity index (χ0) is 26.2. The molecule has 3 heterocycles. The van der Waals surface area contributed by atoms with Crippen LogP contribution in [0.15, 0.2) is 73.1 Å². The van der Waals surface area contributed by atoms with Crippen LogP contribution < -0.4 is 10.1 Å². The van der Waals surface area contributed by atoms with E-state index in [9.17, 15) is 18.0 Å². The Bertz CT molecular complexity index is 1610. The second kappa shape index (κ2) is 9.70. The zero-order valence-corrected chi connectivity index (χ0v) is 20.7. The van der Waals surface area contributed by atoms with Crippen LogP contribution in [0.5, 0.6) is 5.75 Å². The van der Waals surface area contributed by atoms with Gasteiger partial charge in [0.25, 0.3) is 5.91 Å². The van der Waals surface area contributed by atoms with Crippen molar-refractivity contribution in [2.24, 2.45) is 0 Å². The van der Waals surface area contributed by atoms with Gasteiger partial charge in [-0.25, -0.2) is 0 Å². The average Bonchev–Trinajstić information content (AvgIpc) is 3.46. The lowest BCUT2D eigenvalue weighted by atomic mass is 10.1. The van der Waals surface area contributed by atoms with E-state index in [2.05, 4.69) is 14.7 Å². The molecule has 0 saturated heterocycles. The molecule has 0 fully saturated rings. The van der Waals surface area contributed by atoms with Gasteiger partial charge in [0, 0.05) is 34.7 Å². The predicted molar refractivity (Wildman–Crippen MR) is 136 cm³/mol. The summed E-state index contributed by atoms with van der Waals surface area (Å²) in [4.78, 5) is 17.5. The highest BCUT2D eigenvalue weighted by molar-refractivity contribution is 7.13. The van der Waals surface area contributed by atoms with E-state index < -0.39 is 17.6 Å². The van der Waals surface area contributed by atoms with Crippen LogP contribution in [0.3, 0.4) is 0 Å². The molecule has 10 heteroatoms. The summed E-state index contributed by atoms with van der Waals surface area (Å²) >= 11 is 1.38. The number of nitrogens with zero attached hydrogens (tertiary/aromatic N) is 3. The molecule has 0 unspecified atom stereocenters. The smallest absolute Gasteiger partial charge is 0.418 e. The lowest BCUT2D eigenvalue weighted by Gasteiger charge is -2.17. The second-order valence-electron chi connectivity index (χ2n) is 8.40. The summed E-state index contributed by atoms with van der Waals surface area (Å²) in [5, 5.41) is 3.75. The van der Waals surface area contributed by atoms with Gasteiger partial charge in [-0.05, 0) is 61.8 Å². The van der Waals surface area contributed by atoms with Crippen LogP contribution in [0.25, 0.3) is 15.8 Å². The van der Waals surface area contributed by atoms with Crippen LogP contribution >= 0.6 is 11.5 Å². The molecule has 0 radical (unpaired) electrons. The van der Waals surface area contributed by atoms with Crippen LogP contribution in [-0.4, -0.2) is 19.8 Å². The summed E-state index contributed by atoms with van der Waals surface area (Å²) < 4.78 is 53.4. The molecule has 6 nitrogen and oxygen atoms in total. The molecule has 2 aromatic carbocycles. The Morgan fingerprint density at radius 3 is 2.70 bits per heavy atom. The van der Waals surface area contributed by atoms with Crippen molar-refractivity contribution >= 4 is 33.2 Å². The maximum atomic E-state index is 13.6. The molecule has 1 N–H and O–H groups in total. The van der Waals surface area contributed by atoms with Gasteiger partial charge in [-0.15, -0.1) is 0 Å². The fourth-order valence-electron chi connectivity index (χ4n) is 4.25. The van der Waals surface area contributed by atoms with Gasteiger partial charge in [0.15, 0.2) is 0 Å². The van der Waals surface area contributed by atoms with Crippen LogP contribution in [-0.2, 0) is 12.8 Å². The Morgan fingerprint density at radius 2 is 1.89 bits per heavy atom. The third-order valence-corrected chi connectivity index (χ3v) is 6.72. The number of carbonyl (C=O) groups is 1. The van der Waals surface area contributed by atoms with Crippen molar-refractivity contribution < 1.29 is 22.7 Å². The normalized spacial score (nSPS) is 11.6. The van der Waals surface area contributed by atoms with E-state index in [1.54, 1.807) is 62.6 Å². The van der Waals surface area contributed by atoms with Gasteiger partial charge in [0.05, 0.1) is 33.4 Å². The van der Waals surface area contributed by atoms with Crippen molar-refractivity contribution in [3.05, 3.63) is 101 Å². The van der Waals surface area contributed by atoms with Gasteiger partial charge >= 0.3 is 6.18 Å². The zero-order valence-electron chi connectivity index (χ0n) is 19.8. The first-order valence-corrected chi connectivity index (χ1v) is 12.1. The highest BCUT2D eigenvalue weighted by atomic mass is 32.1. The minimum absolute atomic E-state index is 0.0242. The number of aromatic nitrogens is 3. The minimum Gasteiger partial charge on any atom is -0.487 e. The first kappa shape index (κ1) is 24.5. The highest BCUT2D eigenvalue weighted by Crippen LogP contribution is 2.35. The van der Waals surface area contributed by atoms with Crippen LogP contribution in [0, 0.1) is 13.8 Å². The lowest BCUT2D eigenvalue weighted by Crippen LogP contribution is -2.15. The summed E-state index contributed by atoms with van der Waals surface area (Å²) in [6.45, 7) is 3.53. The fourth-order valence-corrected chi connectivity index (χ4v) is 4.91. The number of fused-ring (bicyclic) bond motifs is 1. The van der Waals surface area contributed by atoms with E-state index in [-0.39, 0.29) is 17.9 Å². The largest absolute Gasteiger partial charge is 0.487 e. The molecule has 37 heavy (non-hydrogen) atoms. The van der Waals surface area contributed by atoms with E-state index >= 15 is 0 Å².